The van der Waals surface area contributed by atoms with Crippen LogP contribution in [-0.2, 0) is 16.4 Å². The standard InChI is InChI=1S/C24H23ClN4O4S/c1-15(7-8-16-5-3-2-4-6-16)29-34(32,33)18-10-11-20(25)19(14-18)23(30)26-17-9-12-21-22(13-17)28-24(31)27-21/h2-6,9-15,29H,7-8H2,1H3,(H,26,30)(H2,27,28,31)/t15-/m1/s1. The Morgan fingerprint density at radius 1 is 1.00 bits per heavy atom. The second-order valence-corrected chi connectivity index (χ2v) is 10.1. The number of aromatic amines is 2. The second-order valence-electron chi connectivity index (χ2n) is 7.98. The van der Waals surface area contributed by atoms with Crippen molar-refractivity contribution in [1.82, 2.24) is 14.7 Å². The summed E-state index contributed by atoms with van der Waals surface area (Å²) >= 11 is 6.20. The highest BCUT2D eigenvalue weighted by Gasteiger charge is 2.21. The number of hydrogen-bond donors (Lipinski definition) is 4. The minimum atomic E-state index is -3.87. The highest BCUT2D eigenvalue weighted by molar-refractivity contribution is 7.89. The minimum Gasteiger partial charge on any atom is -0.322 e. The Morgan fingerprint density at radius 2 is 1.74 bits per heavy atom. The van der Waals surface area contributed by atoms with Crippen LogP contribution >= 0.6 is 11.6 Å². The number of aromatic nitrogens is 2. The van der Waals surface area contributed by atoms with Gasteiger partial charge in [-0.25, -0.2) is 17.9 Å². The van der Waals surface area contributed by atoms with Gasteiger partial charge in [0.15, 0.2) is 0 Å². The third kappa shape index (κ3) is 5.56. The van der Waals surface area contributed by atoms with Gasteiger partial charge < -0.3 is 15.3 Å². The summed E-state index contributed by atoms with van der Waals surface area (Å²) in [7, 11) is -3.87. The second kappa shape index (κ2) is 9.84. The molecule has 0 aliphatic carbocycles. The molecule has 0 aliphatic rings. The number of imidazole rings is 1. The number of rotatable bonds is 8. The Labute approximate surface area is 201 Å². The molecule has 3 aromatic carbocycles. The minimum absolute atomic E-state index is 0.0177. The van der Waals surface area contributed by atoms with E-state index in [1.807, 2.05) is 30.3 Å². The first-order valence-corrected chi connectivity index (χ1v) is 12.5. The van der Waals surface area contributed by atoms with Gasteiger partial charge in [0.1, 0.15) is 0 Å². The number of nitrogens with one attached hydrogen (secondary N) is 4. The van der Waals surface area contributed by atoms with Crippen molar-refractivity contribution < 1.29 is 13.2 Å². The van der Waals surface area contributed by atoms with Crippen LogP contribution in [0.4, 0.5) is 5.69 Å². The van der Waals surface area contributed by atoms with Gasteiger partial charge in [0.25, 0.3) is 5.91 Å². The van der Waals surface area contributed by atoms with Crippen molar-refractivity contribution in [3.05, 3.63) is 93.4 Å². The highest BCUT2D eigenvalue weighted by Crippen LogP contribution is 2.23. The lowest BCUT2D eigenvalue weighted by atomic mass is 10.1. The fraction of sp³-hybridized carbons (Fsp3) is 0.167. The molecule has 1 amide bonds. The number of amides is 1. The van der Waals surface area contributed by atoms with E-state index >= 15 is 0 Å². The maximum absolute atomic E-state index is 12.9. The number of benzene rings is 3. The van der Waals surface area contributed by atoms with Crippen LogP contribution in [0.1, 0.15) is 29.3 Å². The van der Waals surface area contributed by atoms with E-state index < -0.39 is 15.9 Å². The smallest absolute Gasteiger partial charge is 0.322 e. The molecule has 1 aromatic heterocycles. The Balaban J connectivity index is 1.48. The van der Waals surface area contributed by atoms with Gasteiger partial charge in [0, 0.05) is 11.7 Å². The summed E-state index contributed by atoms with van der Waals surface area (Å²) in [6.45, 7) is 1.80. The molecule has 0 unspecified atom stereocenters. The number of hydrogen-bond acceptors (Lipinski definition) is 4. The Hall–Kier alpha value is -3.40. The summed E-state index contributed by atoms with van der Waals surface area (Å²) in [6, 6.07) is 18.4. The van der Waals surface area contributed by atoms with Crippen molar-refractivity contribution in [3.8, 4) is 0 Å². The predicted octanol–water partition coefficient (Wildman–Crippen LogP) is 4.06. The van der Waals surface area contributed by atoms with Crippen molar-refractivity contribution in [2.45, 2.75) is 30.7 Å². The quantitative estimate of drug-likeness (QED) is 0.292. The zero-order chi connectivity index (χ0) is 24.3. The first-order valence-electron chi connectivity index (χ1n) is 10.6. The Morgan fingerprint density at radius 3 is 2.50 bits per heavy atom. The van der Waals surface area contributed by atoms with Gasteiger partial charge in [-0.3, -0.25) is 4.79 Å². The predicted molar refractivity (Wildman–Crippen MR) is 133 cm³/mol. The molecule has 4 N–H and O–H groups in total. The Kier molecular flexibility index (Phi) is 6.87. The molecule has 0 bridgehead atoms. The molecule has 4 aromatic rings. The number of halogens is 1. The van der Waals surface area contributed by atoms with Gasteiger partial charge in [0.05, 0.1) is 26.5 Å². The lowest BCUT2D eigenvalue weighted by molar-refractivity contribution is 0.102. The van der Waals surface area contributed by atoms with E-state index in [9.17, 15) is 18.0 Å². The molecule has 1 heterocycles. The zero-order valence-electron chi connectivity index (χ0n) is 18.3. The van der Waals surface area contributed by atoms with E-state index in [4.69, 9.17) is 11.6 Å². The fourth-order valence-corrected chi connectivity index (χ4v) is 5.08. The average Bonchev–Trinajstić information content (AvgIpc) is 3.17. The van der Waals surface area contributed by atoms with Crippen molar-refractivity contribution in [3.63, 3.8) is 0 Å². The summed E-state index contributed by atoms with van der Waals surface area (Å²) < 4.78 is 28.5. The molecule has 34 heavy (non-hydrogen) atoms. The zero-order valence-corrected chi connectivity index (χ0v) is 19.8. The van der Waals surface area contributed by atoms with Crippen LogP contribution < -0.4 is 15.7 Å². The molecular formula is C24H23ClN4O4S. The van der Waals surface area contributed by atoms with Crippen LogP contribution in [-0.4, -0.2) is 30.3 Å². The van der Waals surface area contributed by atoms with Crippen LogP contribution in [0.25, 0.3) is 11.0 Å². The third-order valence-corrected chi connectivity index (χ3v) is 7.25. The molecule has 1 atom stereocenters. The van der Waals surface area contributed by atoms with Gasteiger partial charge >= 0.3 is 5.69 Å². The van der Waals surface area contributed by atoms with E-state index in [1.165, 1.54) is 18.2 Å². The summed E-state index contributed by atoms with van der Waals surface area (Å²) in [5, 5.41) is 2.80. The molecule has 0 radical (unpaired) electrons. The maximum Gasteiger partial charge on any atom is 0.323 e. The average molecular weight is 499 g/mol. The summed E-state index contributed by atoms with van der Waals surface area (Å²) in [5.74, 6) is -0.573. The first-order chi connectivity index (χ1) is 16.2. The van der Waals surface area contributed by atoms with E-state index in [-0.39, 0.29) is 27.2 Å². The lowest BCUT2D eigenvalue weighted by Gasteiger charge is -2.15. The molecule has 0 aliphatic heterocycles. The maximum atomic E-state index is 12.9. The summed E-state index contributed by atoms with van der Waals surface area (Å²) in [4.78, 5) is 29.5. The van der Waals surface area contributed by atoms with Crippen molar-refractivity contribution in [2.24, 2.45) is 0 Å². The van der Waals surface area contributed by atoms with E-state index in [1.54, 1.807) is 25.1 Å². The monoisotopic (exact) mass is 498 g/mol. The number of anilines is 1. The number of sulfonamides is 1. The molecule has 0 saturated carbocycles. The number of H-pyrrole nitrogens is 2. The van der Waals surface area contributed by atoms with Gasteiger partial charge in [-0.15, -0.1) is 0 Å². The van der Waals surface area contributed by atoms with Crippen LogP contribution in [0.5, 0.6) is 0 Å². The lowest BCUT2D eigenvalue weighted by Crippen LogP contribution is -2.33. The highest BCUT2D eigenvalue weighted by atomic mass is 35.5. The molecule has 0 saturated heterocycles. The number of carbonyl (C=O) groups excluding carboxylic acids is 1. The number of aryl methyl sites for hydroxylation is 1. The van der Waals surface area contributed by atoms with Crippen molar-refractivity contribution in [1.29, 1.82) is 0 Å². The van der Waals surface area contributed by atoms with Crippen LogP contribution in [0, 0.1) is 0 Å². The number of carbonyl (C=O) groups is 1. The third-order valence-electron chi connectivity index (χ3n) is 5.33. The van der Waals surface area contributed by atoms with Crippen LogP contribution in [0.15, 0.2) is 76.4 Å². The Bertz CT molecular complexity index is 1500. The van der Waals surface area contributed by atoms with Gasteiger partial charge in [-0.1, -0.05) is 41.9 Å². The van der Waals surface area contributed by atoms with Gasteiger partial charge in [0.2, 0.25) is 10.0 Å². The number of fused-ring (bicyclic) bond motifs is 1. The molecule has 8 nitrogen and oxygen atoms in total. The molecule has 0 fully saturated rings. The molecular weight excluding hydrogens is 476 g/mol. The van der Waals surface area contributed by atoms with Crippen LogP contribution in [0.3, 0.4) is 0 Å². The normalized spacial score (nSPS) is 12.5. The topological polar surface area (TPSA) is 124 Å². The van der Waals surface area contributed by atoms with E-state index in [2.05, 4.69) is 20.0 Å². The van der Waals surface area contributed by atoms with Gasteiger partial charge in [-0.2, -0.15) is 0 Å². The van der Waals surface area contributed by atoms with Crippen molar-refractivity contribution in [2.75, 3.05) is 5.32 Å². The molecule has 176 valence electrons. The van der Waals surface area contributed by atoms with Gasteiger partial charge in [-0.05, 0) is 61.7 Å². The molecule has 10 heteroatoms. The fourth-order valence-electron chi connectivity index (χ4n) is 3.57. The van der Waals surface area contributed by atoms with E-state index in [0.29, 0.717) is 23.1 Å². The summed E-state index contributed by atoms with van der Waals surface area (Å²) in [5.41, 5.74) is 2.33. The first kappa shape index (κ1) is 23.7. The largest absolute Gasteiger partial charge is 0.323 e. The van der Waals surface area contributed by atoms with E-state index in [0.717, 1.165) is 12.0 Å². The summed E-state index contributed by atoms with van der Waals surface area (Å²) in [6.07, 6.45) is 1.35. The van der Waals surface area contributed by atoms with Crippen molar-refractivity contribution >= 4 is 44.3 Å². The SMILES string of the molecule is C[C@H](CCc1ccccc1)NS(=O)(=O)c1ccc(Cl)c(C(=O)Nc2ccc3[nH]c(=O)[nH]c3c2)c1. The molecule has 0 spiro atoms. The van der Waals surface area contributed by atoms with Crippen LogP contribution in [0.2, 0.25) is 5.02 Å². The molecule has 4 rings (SSSR count).